The molecule has 0 radical (unpaired) electrons. The smallest absolute Gasteiger partial charge is 0.118 e. The van der Waals surface area contributed by atoms with Crippen molar-refractivity contribution < 1.29 is 5.11 Å². The molecule has 3 N–H and O–H groups in total. The predicted octanol–water partition coefficient (Wildman–Crippen LogP) is 2.79. The molecule has 0 aliphatic carbocycles. The number of aromatic hydroxyl groups is 1. The third-order valence-corrected chi connectivity index (χ3v) is 4.00. The van der Waals surface area contributed by atoms with Gasteiger partial charge in [-0.3, -0.25) is 0 Å². The van der Waals surface area contributed by atoms with Gasteiger partial charge in [-0.25, -0.2) is 0 Å². The van der Waals surface area contributed by atoms with E-state index in [0.717, 1.165) is 13.7 Å². The lowest BCUT2D eigenvalue weighted by atomic mass is 10.2. The number of phenols is 1. The summed E-state index contributed by atoms with van der Waals surface area (Å²) < 4.78 is 2.19. The molecule has 62 valence electrons. The highest BCUT2D eigenvalue weighted by atomic mass is 127. The van der Waals surface area contributed by atoms with Gasteiger partial charge in [-0.15, -0.1) is 11.3 Å². The molecule has 0 fully saturated rings. The maximum Gasteiger partial charge on any atom is 0.118 e. The molecule has 12 heavy (non-hydrogen) atoms. The molecule has 0 bridgehead atoms. The van der Waals surface area contributed by atoms with E-state index in [1.807, 2.05) is 5.38 Å². The Labute approximate surface area is 87.1 Å². The number of halogens is 1. The lowest BCUT2D eigenvalue weighted by Crippen LogP contribution is -1.83. The molecule has 0 atom stereocenters. The van der Waals surface area contributed by atoms with Gasteiger partial charge >= 0.3 is 0 Å². The van der Waals surface area contributed by atoms with Gasteiger partial charge in [0.15, 0.2) is 0 Å². The van der Waals surface area contributed by atoms with Gasteiger partial charge in [-0.1, -0.05) is 0 Å². The number of anilines is 1. The lowest BCUT2D eigenvalue weighted by Gasteiger charge is -1.97. The topological polar surface area (TPSA) is 46.2 Å². The molecule has 0 saturated carbocycles. The van der Waals surface area contributed by atoms with Crippen LogP contribution in [0.15, 0.2) is 17.5 Å². The van der Waals surface area contributed by atoms with Crippen LogP contribution in [0.5, 0.6) is 5.75 Å². The summed E-state index contributed by atoms with van der Waals surface area (Å²) in [4.78, 5) is 0. The van der Waals surface area contributed by atoms with Crippen molar-refractivity contribution in [1.82, 2.24) is 0 Å². The van der Waals surface area contributed by atoms with Crippen molar-refractivity contribution in [2.45, 2.75) is 0 Å². The fourth-order valence-electron chi connectivity index (χ4n) is 1.12. The molecule has 0 amide bonds. The van der Waals surface area contributed by atoms with Crippen molar-refractivity contribution in [3.63, 3.8) is 0 Å². The van der Waals surface area contributed by atoms with Crippen molar-refractivity contribution in [3.05, 3.63) is 21.1 Å². The molecule has 4 heteroatoms. The van der Waals surface area contributed by atoms with E-state index in [2.05, 4.69) is 22.6 Å². The molecule has 2 nitrogen and oxygen atoms in total. The van der Waals surface area contributed by atoms with Crippen LogP contribution in [0.25, 0.3) is 10.1 Å². The summed E-state index contributed by atoms with van der Waals surface area (Å²) in [6, 6.07) is 3.32. The number of hydrogen-bond donors (Lipinski definition) is 2. The number of rotatable bonds is 0. The van der Waals surface area contributed by atoms with Crippen LogP contribution in [0.3, 0.4) is 0 Å². The number of hydrogen-bond acceptors (Lipinski definition) is 3. The van der Waals surface area contributed by atoms with Crippen LogP contribution in [0.2, 0.25) is 0 Å². The summed E-state index contributed by atoms with van der Waals surface area (Å²) >= 11 is 3.84. The molecule has 2 aromatic rings. The van der Waals surface area contributed by atoms with Crippen LogP contribution < -0.4 is 5.73 Å². The summed E-state index contributed by atoms with van der Waals surface area (Å²) in [6.07, 6.45) is 0. The molecule has 1 aromatic heterocycles. The van der Waals surface area contributed by atoms with Crippen LogP contribution in [0, 0.1) is 3.57 Å². The van der Waals surface area contributed by atoms with Crippen LogP contribution in [-0.2, 0) is 0 Å². The third kappa shape index (κ3) is 1.15. The van der Waals surface area contributed by atoms with Crippen LogP contribution >= 0.6 is 33.9 Å². The number of nitrogen functional groups attached to an aromatic ring is 1. The van der Waals surface area contributed by atoms with Crippen molar-refractivity contribution in [2.75, 3.05) is 5.73 Å². The minimum atomic E-state index is 0.233. The molecule has 0 aliphatic rings. The van der Waals surface area contributed by atoms with E-state index in [9.17, 15) is 5.11 Å². The highest BCUT2D eigenvalue weighted by molar-refractivity contribution is 14.1. The largest absolute Gasteiger partial charge is 0.508 e. The summed E-state index contributed by atoms with van der Waals surface area (Å²) in [5.41, 5.74) is 6.37. The summed E-state index contributed by atoms with van der Waals surface area (Å²) in [5, 5.41) is 12.3. The SMILES string of the molecule is Nc1cc(O)cc2c(I)csc12. The van der Waals surface area contributed by atoms with E-state index < -0.39 is 0 Å². The first kappa shape index (κ1) is 8.12. The van der Waals surface area contributed by atoms with Crippen molar-refractivity contribution in [2.24, 2.45) is 0 Å². The Bertz CT molecular complexity index is 438. The van der Waals surface area contributed by atoms with E-state index in [0.29, 0.717) is 5.69 Å². The summed E-state index contributed by atoms with van der Waals surface area (Å²) in [6.45, 7) is 0. The van der Waals surface area contributed by atoms with Crippen LogP contribution in [0.1, 0.15) is 0 Å². The fourth-order valence-corrected chi connectivity index (χ4v) is 2.95. The van der Waals surface area contributed by atoms with Gasteiger partial charge in [0.1, 0.15) is 5.75 Å². The predicted molar refractivity (Wildman–Crippen MR) is 60.6 cm³/mol. The lowest BCUT2D eigenvalue weighted by molar-refractivity contribution is 0.476. The van der Waals surface area contributed by atoms with Gasteiger partial charge in [-0.2, -0.15) is 0 Å². The summed E-state index contributed by atoms with van der Waals surface area (Å²) in [7, 11) is 0. The van der Waals surface area contributed by atoms with Crippen LogP contribution in [-0.4, -0.2) is 5.11 Å². The molecular formula is C8H6INOS. The standard InChI is InChI=1S/C8H6INOS/c9-6-3-12-8-5(6)1-4(11)2-7(8)10/h1-3,11H,10H2. The van der Waals surface area contributed by atoms with E-state index in [1.54, 1.807) is 23.5 Å². The van der Waals surface area contributed by atoms with Crippen LogP contribution in [0.4, 0.5) is 5.69 Å². The first-order valence-corrected chi connectivity index (χ1v) is 5.29. The van der Waals surface area contributed by atoms with Gasteiger partial charge < -0.3 is 10.8 Å². The first-order chi connectivity index (χ1) is 5.68. The van der Waals surface area contributed by atoms with Gasteiger partial charge in [0.2, 0.25) is 0 Å². The highest BCUT2D eigenvalue weighted by Crippen LogP contribution is 2.34. The second-order valence-electron chi connectivity index (χ2n) is 2.50. The first-order valence-electron chi connectivity index (χ1n) is 3.33. The minimum absolute atomic E-state index is 0.233. The molecule has 2 rings (SSSR count). The van der Waals surface area contributed by atoms with Crippen molar-refractivity contribution in [3.8, 4) is 5.75 Å². The Morgan fingerprint density at radius 2 is 2.17 bits per heavy atom. The van der Waals surface area contributed by atoms with Crippen molar-refractivity contribution in [1.29, 1.82) is 0 Å². The third-order valence-electron chi connectivity index (χ3n) is 1.64. The number of benzene rings is 1. The molecule has 0 unspecified atom stereocenters. The minimum Gasteiger partial charge on any atom is -0.508 e. The highest BCUT2D eigenvalue weighted by Gasteiger charge is 2.05. The zero-order valence-electron chi connectivity index (χ0n) is 6.04. The quantitative estimate of drug-likeness (QED) is 0.579. The average molecular weight is 291 g/mol. The molecular weight excluding hydrogens is 285 g/mol. The Hall–Kier alpha value is -0.490. The second kappa shape index (κ2) is 2.77. The van der Waals surface area contributed by atoms with Gasteiger partial charge in [-0.05, 0) is 28.7 Å². The van der Waals surface area contributed by atoms with E-state index in [4.69, 9.17) is 5.73 Å². The molecule has 0 saturated heterocycles. The Kier molecular flexibility index (Phi) is 1.88. The normalized spacial score (nSPS) is 10.8. The summed E-state index contributed by atoms with van der Waals surface area (Å²) in [5.74, 6) is 0.233. The molecule has 1 heterocycles. The Morgan fingerprint density at radius 1 is 1.42 bits per heavy atom. The van der Waals surface area contributed by atoms with E-state index in [-0.39, 0.29) is 5.75 Å². The number of nitrogens with two attached hydrogens (primary N) is 1. The maximum atomic E-state index is 9.28. The van der Waals surface area contributed by atoms with Gasteiger partial charge in [0, 0.05) is 20.4 Å². The number of fused-ring (bicyclic) bond motifs is 1. The number of phenolic OH excluding ortho intramolecular Hbond substituents is 1. The van der Waals surface area contributed by atoms with Crippen molar-refractivity contribution >= 4 is 49.7 Å². The average Bonchev–Trinajstić information content (AvgIpc) is 2.33. The van der Waals surface area contributed by atoms with E-state index in [1.165, 1.54) is 0 Å². The zero-order chi connectivity index (χ0) is 8.72. The Morgan fingerprint density at radius 3 is 2.92 bits per heavy atom. The molecule has 1 aromatic carbocycles. The van der Waals surface area contributed by atoms with Gasteiger partial charge in [0.05, 0.1) is 10.4 Å². The zero-order valence-corrected chi connectivity index (χ0v) is 9.02. The number of thiophene rings is 1. The monoisotopic (exact) mass is 291 g/mol. The fraction of sp³-hybridized carbons (Fsp3) is 0. The Balaban J connectivity index is 2.92. The van der Waals surface area contributed by atoms with E-state index >= 15 is 0 Å². The van der Waals surface area contributed by atoms with Gasteiger partial charge in [0.25, 0.3) is 0 Å². The second-order valence-corrected chi connectivity index (χ2v) is 4.54. The maximum absolute atomic E-state index is 9.28. The molecule has 0 spiro atoms. The molecule has 0 aliphatic heterocycles.